The third-order valence-electron chi connectivity index (χ3n) is 4.01. The van der Waals surface area contributed by atoms with Crippen molar-refractivity contribution >= 4 is 22.4 Å². The number of carbonyl (C=O) groups excluding carboxylic acids is 1. The fraction of sp³-hybridized carbons (Fsp3) is 0.158. The Bertz CT molecular complexity index is 1040. The number of anilines is 1. The summed E-state index contributed by atoms with van der Waals surface area (Å²) < 4.78 is 14.2. The first kappa shape index (κ1) is 17.3. The molecular formula is C19H16FN5O. The fourth-order valence-electron chi connectivity index (χ4n) is 2.77. The molecule has 0 aliphatic heterocycles. The van der Waals surface area contributed by atoms with E-state index in [1.165, 1.54) is 18.5 Å². The second kappa shape index (κ2) is 7.15. The van der Waals surface area contributed by atoms with Crippen molar-refractivity contribution in [3.8, 4) is 17.2 Å². The molecule has 0 saturated heterocycles. The number of nitrogen functional groups attached to an aromatic ring is 1. The van der Waals surface area contributed by atoms with E-state index in [0.717, 1.165) is 6.42 Å². The number of nitriles is 1. The van der Waals surface area contributed by atoms with E-state index >= 15 is 0 Å². The molecule has 7 heteroatoms. The highest BCUT2D eigenvalue weighted by molar-refractivity contribution is 6.10. The van der Waals surface area contributed by atoms with Gasteiger partial charge in [0.05, 0.1) is 17.3 Å². The molecule has 0 bridgehead atoms. The summed E-state index contributed by atoms with van der Waals surface area (Å²) in [7, 11) is 0. The lowest BCUT2D eigenvalue weighted by Gasteiger charge is -2.13. The van der Waals surface area contributed by atoms with Crippen molar-refractivity contribution in [1.29, 1.82) is 5.26 Å². The summed E-state index contributed by atoms with van der Waals surface area (Å²) in [5.41, 5.74) is 7.25. The van der Waals surface area contributed by atoms with Crippen LogP contribution in [-0.4, -0.2) is 22.4 Å². The van der Waals surface area contributed by atoms with Gasteiger partial charge in [0.1, 0.15) is 0 Å². The number of amides is 1. The Hall–Kier alpha value is -3.53. The van der Waals surface area contributed by atoms with E-state index in [1.807, 2.05) is 6.92 Å². The van der Waals surface area contributed by atoms with Crippen LogP contribution in [0.15, 0.2) is 36.7 Å². The maximum atomic E-state index is 14.2. The van der Waals surface area contributed by atoms with E-state index in [1.54, 1.807) is 18.2 Å². The molecule has 6 nitrogen and oxygen atoms in total. The number of nitrogens with two attached hydrogens (primary N) is 1. The molecule has 3 aromatic rings. The Labute approximate surface area is 149 Å². The first-order chi connectivity index (χ1) is 12.6. The molecule has 130 valence electrons. The van der Waals surface area contributed by atoms with E-state index in [4.69, 9.17) is 5.73 Å². The average Bonchev–Trinajstić information content (AvgIpc) is 2.66. The number of carbonyl (C=O) groups is 1. The minimum absolute atomic E-state index is 0.105. The van der Waals surface area contributed by atoms with Crippen LogP contribution in [-0.2, 0) is 0 Å². The van der Waals surface area contributed by atoms with Crippen LogP contribution in [0.5, 0.6) is 0 Å². The van der Waals surface area contributed by atoms with Gasteiger partial charge in [-0.05, 0) is 24.6 Å². The van der Waals surface area contributed by atoms with Crippen molar-refractivity contribution in [1.82, 2.24) is 15.3 Å². The summed E-state index contributed by atoms with van der Waals surface area (Å²) >= 11 is 0. The van der Waals surface area contributed by atoms with Gasteiger partial charge in [-0.1, -0.05) is 13.0 Å². The minimum atomic E-state index is -0.695. The van der Waals surface area contributed by atoms with Gasteiger partial charge in [0, 0.05) is 40.8 Å². The van der Waals surface area contributed by atoms with Crippen molar-refractivity contribution in [3.63, 3.8) is 0 Å². The fourth-order valence-corrected chi connectivity index (χ4v) is 2.77. The smallest absolute Gasteiger partial charge is 0.272 e. The van der Waals surface area contributed by atoms with Crippen LogP contribution in [0.25, 0.3) is 21.9 Å². The monoisotopic (exact) mass is 349 g/mol. The number of rotatable bonds is 4. The molecule has 0 fully saturated rings. The van der Waals surface area contributed by atoms with Crippen LogP contribution >= 0.6 is 0 Å². The maximum Gasteiger partial charge on any atom is 0.272 e. The van der Waals surface area contributed by atoms with Gasteiger partial charge in [-0.25, -0.2) is 9.97 Å². The van der Waals surface area contributed by atoms with Crippen molar-refractivity contribution in [2.24, 2.45) is 0 Å². The number of hydrogen-bond acceptors (Lipinski definition) is 5. The zero-order valence-electron chi connectivity index (χ0n) is 14.1. The van der Waals surface area contributed by atoms with Gasteiger partial charge in [0.25, 0.3) is 5.91 Å². The standard InChI is InChI=1S/C19H16FN5O/c1-2-7-24-19(26)17-16(22)12-6-5-11(9-21)15(14(12)10-25-17)13-4-3-8-23-18(13)20/h3-6,8,10H,2,7,22H2,1H3,(H,24,26). The molecule has 0 aliphatic rings. The van der Waals surface area contributed by atoms with Crippen molar-refractivity contribution in [2.75, 3.05) is 12.3 Å². The molecule has 3 rings (SSSR count). The molecule has 0 unspecified atom stereocenters. The van der Waals surface area contributed by atoms with Gasteiger partial charge in [0.2, 0.25) is 5.95 Å². The number of fused-ring (bicyclic) bond motifs is 1. The van der Waals surface area contributed by atoms with Crippen molar-refractivity contribution in [2.45, 2.75) is 13.3 Å². The quantitative estimate of drug-likeness (QED) is 0.705. The number of pyridine rings is 2. The molecule has 2 aromatic heterocycles. The first-order valence-electron chi connectivity index (χ1n) is 8.08. The molecule has 3 N–H and O–H groups in total. The number of benzene rings is 1. The predicted octanol–water partition coefficient (Wildman–Crippen LogP) is 3.03. The van der Waals surface area contributed by atoms with E-state index in [9.17, 15) is 14.4 Å². The van der Waals surface area contributed by atoms with E-state index in [0.29, 0.717) is 22.9 Å². The highest BCUT2D eigenvalue weighted by atomic mass is 19.1. The normalized spacial score (nSPS) is 10.5. The highest BCUT2D eigenvalue weighted by Gasteiger charge is 2.19. The molecular weight excluding hydrogens is 333 g/mol. The molecule has 2 heterocycles. The lowest BCUT2D eigenvalue weighted by Crippen LogP contribution is -2.26. The molecule has 0 atom stereocenters. The highest BCUT2D eigenvalue weighted by Crippen LogP contribution is 2.35. The van der Waals surface area contributed by atoms with Crippen LogP contribution in [0.4, 0.5) is 10.1 Å². The Kier molecular flexibility index (Phi) is 4.76. The van der Waals surface area contributed by atoms with Crippen LogP contribution in [0.3, 0.4) is 0 Å². The van der Waals surface area contributed by atoms with Gasteiger partial charge in [0.15, 0.2) is 5.69 Å². The Morgan fingerprint density at radius 1 is 1.31 bits per heavy atom. The molecule has 0 spiro atoms. The van der Waals surface area contributed by atoms with Gasteiger partial charge in [-0.2, -0.15) is 9.65 Å². The molecule has 0 radical (unpaired) electrons. The third-order valence-corrected chi connectivity index (χ3v) is 4.01. The van der Waals surface area contributed by atoms with E-state index in [-0.39, 0.29) is 28.4 Å². The zero-order chi connectivity index (χ0) is 18.7. The number of hydrogen-bond donors (Lipinski definition) is 2. The van der Waals surface area contributed by atoms with Gasteiger partial charge in [-0.15, -0.1) is 0 Å². The first-order valence-corrected chi connectivity index (χ1v) is 8.08. The second-order valence-electron chi connectivity index (χ2n) is 5.68. The summed E-state index contributed by atoms with van der Waals surface area (Å²) in [5, 5.41) is 13.2. The lowest BCUT2D eigenvalue weighted by molar-refractivity contribution is 0.0950. The summed E-state index contributed by atoms with van der Waals surface area (Å²) in [4.78, 5) is 20.0. The van der Waals surface area contributed by atoms with Gasteiger partial charge < -0.3 is 11.1 Å². The van der Waals surface area contributed by atoms with Crippen molar-refractivity contribution in [3.05, 3.63) is 53.9 Å². The third kappa shape index (κ3) is 2.93. The minimum Gasteiger partial charge on any atom is -0.396 e. The van der Waals surface area contributed by atoms with Crippen LogP contribution < -0.4 is 11.1 Å². The molecule has 0 aliphatic carbocycles. The maximum absolute atomic E-state index is 14.2. The lowest BCUT2D eigenvalue weighted by atomic mass is 9.94. The Balaban J connectivity index is 2.26. The van der Waals surface area contributed by atoms with Crippen LogP contribution in [0.1, 0.15) is 29.4 Å². The van der Waals surface area contributed by atoms with E-state index in [2.05, 4.69) is 21.4 Å². The summed E-state index contributed by atoms with van der Waals surface area (Å²) in [6.07, 6.45) is 3.56. The SMILES string of the molecule is CCCNC(=O)c1ncc2c(-c3cccnc3F)c(C#N)ccc2c1N. The summed E-state index contributed by atoms with van der Waals surface area (Å²) in [6, 6.07) is 8.37. The van der Waals surface area contributed by atoms with Gasteiger partial charge in [-0.3, -0.25) is 4.79 Å². The second-order valence-corrected chi connectivity index (χ2v) is 5.68. The van der Waals surface area contributed by atoms with Crippen LogP contribution in [0.2, 0.25) is 0 Å². The van der Waals surface area contributed by atoms with E-state index < -0.39 is 5.95 Å². The van der Waals surface area contributed by atoms with Gasteiger partial charge >= 0.3 is 0 Å². The summed E-state index contributed by atoms with van der Waals surface area (Å²) in [6.45, 7) is 2.45. The van der Waals surface area contributed by atoms with Crippen LogP contribution in [0, 0.1) is 17.3 Å². The number of nitrogens with zero attached hydrogens (tertiary/aromatic N) is 3. The summed E-state index contributed by atoms with van der Waals surface area (Å²) in [5.74, 6) is -1.07. The molecule has 0 saturated carbocycles. The number of halogens is 1. The molecule has 26 heavy (non-hydrogen) atoms. The number of aromatic nitrogens is 2. The number of nitrogens with one attached hydrogen (secondary N) is 1. The predicted molar refractivity (Wildman–Crippen MR) is 96.7 cm³/mol. The average molecular weight is 349 g/mol. The Morgan fingerprint density at radius 3 is 2.81 bits per heavy atom. The topological polar surface area (TPSA) is 105 Å². The largest absolute Gasteiger partial charge is 0.396 e. The van der Waals surface area contributed by atoms with Crippen molar-refractivity contribution < 1.29 is 9.18 Å². The molecule has 1 aromatic carbocycles. The Morgan fingerprint density at radius 2 is 2.12 bits per heavy atom. The zero-order valence-corrected chi connectivity index (χ0v) is 14.1. The molecule has 1 amide bonds.